The van der Waals surface area contributed by atoms with Gasteiger partial charge in [-0.2, -0.15) is 0 Å². The first-order valence-electron chi connectivity index (χ1n) is 6.96. The van der Waals surface area contributed by atoms with Gasteiger partial charge in [-0.25, -0.2) is 0 Å². The van der Waals surface area contributed by atoms with Gasteiger partial charge < -0.3 is 10.6 Å². The van der Waals surface area contributed by atoms with Crippen LogP contribution >= 0.6 is 11.6 Å². The average Bonchev–Trinajstić information content (AvgIpc) is 2.50. The van der Waals surface area contributed by atoms with Crippen molar-refractivity contribution in [3.8, 4) is 0 Å². The molecule has 0 radical (unpaired) electrons. The Balaban J connectivity index is 1.73. The normalized spacial score (nSPS) is 10.2. The molecule has 0 aromatic heterocycles. The molecule has 0 aliphatic heterocycles. The van der Waals surface area contributed by atoms with Gasteiger partial charge in [0.1, 0.15) is 0 Å². The number of nitrogens with one attached hydrogen (secondary N) is 2. The quantitative estimate of drug-likeness (QED) is 0.853. The zero-order valence-corrected chi connectivity index (χ0v) is 12.8. The van der Waals surface area contributed by atoms with Crippen LogP contribution in [-0.2, 0) is 11.3 Å². The molecule has 2 aromatic carbocycles. The lowest BCUT2D eigenvalue weighted by molar-refractivity contribution is -0.121. The van der Waals surface area contributed by atoms with Crippen LogP contribution in [0, 0.1) is 6.92 Å². The molecule has 21 heavy (non-hydrogen) atoms. The topological polar surface area (TPSA) is 41.1 Å². The van der Waals surface area contributed by atoms with Gasteiger partial charge in [0.05, 0.1) is 0 Å². The first-order valence-corrected chi connectivity index (χ1v) is 7.34. The van der Waals surface area contributed by atoms with E-state index in [4.69, 9.17) is 11.6 Å². The van der Waals surface area contributed by atoms with Gasteiger partial charge in [-0.15, -0.1) is 0 Å². The SMILES string of the molecule is Cc1c(Cl)cccc1NCCC(=O)NCc1ccccc1. The molecule has 0 spiro atoms. The van der Waals surface area contributed by atoms with Gasteiger partial charge in [-0.3, -0.25) is 4.79 Å². The maximum atomic E-state index is 11.8. The van der Waals surface area contributed by atoms with Crippen LogP contribution in [0.3, 0.4) is 0 Å². The highest BCUT2D eigenvalue weighted by atomic mass is 35.5. The lowest BCUT2D eigenvalue weighted by Gasteiger charge is -2.10. The van der Waals surface area contributed by atoms with Crippen LogP contribution in [-0.4, -0.2) is 12.5 Å². The molecule has 0 unspecified atom stereocenters. The molecule has 0 heterocycles. The summed E-state index contributed by atoms with van der Waals surface area (Å²) in [7, 11) is 0. The van der Waals surface area contributed by atoms with Gasteiger partial charge >= 0.3 is 0 Å². The highest BCUT2D eigenvalue weighted by molar-refractivity contribution is 6.31. The second-order valence-electron chi connectivity index (χ2n) is 4.85. The summed E-state index contributed by atoms with van der Waals surface area (Å²) in [6, 6.07) is 15.6. The number of anilines is 1. The molecule has 2 rings (SSSR count). The predicted molar refractivity (Wildman–Crippen MR) is 87.6 cm³/mol. The van der Waals surface area contributed by atoms with E-state index in [0.717, 1.165) is 21.8 Å². The molecule has 0 saturated carbocycles. The number of halogens is 1. The third-order valence-electron chi connectivity index (χ3n) is 3.27. The molecule has 110 valence electrons. The molecule has 0 saturated heterocycles. The third kappa shape index (κ3) is 4.80. The highest BCUT2D eigenvalue weighted by Crippen LogP contribution is 2.22. The molecule has 0 aliphatic carbocycles. The minimum Gasteiger partial charge on any atom is -0.384 e. The summed E-state index contributed by atoms with van der Waals surface area (Å²) < 4.78 is 0. The Morgan fingerprint density at radius 1 is 1.10 bits per heavy atom. The van der Waals surface area contributed by atoms with E-state index in [1.807, 2.05) is 55.5 Å². The van der Waals surface area contributed by atoms with Gasteiger partial charge in [-0.05, 0) is 30.2 Å². The minimum absolute atomic E-state index is 0.0334. The molecule has 0 fully saturated rings. The standard InChI is InChI=1S/C17H19ClN2O/c1-13-15(18)8-5-9-16(13)19-11-10-17(21)20-12-14-6-3-2-4-7-14/h2-9,19H,10-12H2,1H3,(H,20,21). The molecule has 0 bridgehead atoms. The molecule has 3 nitrogen and oxygen atoms in total. The largest absolute Gasteiger partial charge is 0.384 e. The maximum Gasteiger partial charge on any atom is 0.222 e. The van der Waals surface area contributed by atoms with Crippen LogP contribution in [0.25, 0.3) is 0 Å². The van der Waals surface area contributed by atoms with E-state index in [-0.39, 0.29) is 5.91 Å². The summed E-state index contributed by atoms with van der Waals surface area (Å²) in [6.45, 7) is 3.11. The van der Waals surface area contributed by atoms with E-state index >= 15 is 0 Å². The van der Waals surface area contributed by atoms with Crippen LogP contribution in [0.1, 0.15) is 17.5 Å². The Labute approximate surface area is 130 Å². The summed E-state index contributed by atoms with van der Waals surface area (Å²) in [5.41, 5.74) is 3.08. The fourth-order valence-electron chi connectivity index (χ4n) is 1.99. The van der Waals surface area contributed by atoms with E-state index in [0.29, 0.717) is 19.5 Å². The minimum atomic E-state index is 0.0334. The van der Waals surface area contributed by atoms with Crippen molar-refractivity contribution >= 4 is 23.2 Å². The van der Waals surface area contributed by atoms with E-state index in [1.165, 1.54) is 0 Å². The van der Waals surface area contributed by atoms with Crippen molar-refractivity contribution in [3.05, 3.63) is 64.7 Å². The van der Waals surface area contributed by atoms with E-state index in [1.54, 1.807) is 0 Å². The van der Waals surface area contributed by atoms with Crippen molar-refractivity contribution < 1.29 is 4.79 Å². The van der Waals surface area contributed by atoms with E-state index < -0.39 is 0 Å². The Bertz CT molecular complexity index is 599. The molecule has 2 N–H and O–H groups in total. The molecule has 1 amide bonds. The van der Waals surface area contributed by atoms with Crippen molar-refractivity contribution in [3.63, 3.8) is 0 Å². The zero-order valence-electron chi connectivity index (χ0n) is 12.0. The number of rotatable bonds is 6. The summed E-state index contributed by atoms with van der Waals surface area (Å²) in [6.07, 6.45) is 0.429. The Kier molecular flexibility index (Phi) is 5.64. The Hall–Kier alpha value is -2.00. The second-order valence-corrected chi connectivity index (χ2v) is 5.26. The van der Waals surface area contributed by atoms with Crippen LogP contribution in [0.2, 0.25) is 5.02 Å². The first-order chi connectivity index (χ1) is 10.2. The summed E-state index contributed by atoms with van der Waals surface area (Å²) >= 11 is 6.05. The van der Waals surface area contributed by atoms with Crippen LogP contribution < -0.4 is 10.6 Å². The zero-order chi connectivity index (χ0) is 15.1. The van der Waals surface area contributed by atoms with Crippen LogP contribution in [0.15, 0.2) is 48.5 Å². The van der Waals surface area contributed by atoms with Gasteiger partial charge in [-0.1, -0.05) is 48.0 Å². The average molecular weight is 303 g/mol. The van der Waals surface area contributed by atoms with Crippen molar-refractivity contribution in [2.45, 2.75) is 19.9 Å². The smallest absolute Gasteiger partial charge is 0.222 e. The number of carbonyl (C=O) groups excluding carboxylic acids is 1. The lowest BCUT2D eigenvalue weighted by Crippen LogP contribution is -2.24. The first kappa shape index (κ1) is 15.4. The van der Waals surface area contributed by atoms with Gasteiger partial charge in [0.15, 0.2) is 0 Å². The third-order valence-corrected chi connectivity index (χ3v) is 3.68. The van der Waals surface area contributed by atoms with Crippen molar-refractivity contribution in [2.75, 3.05) is 11.9 Å². The second kappa shape index (κ2) is 7.70. The van der Waals surface area contributed by atoms with E-state index in [9.17, 15) is 4.79 Å². The van der Waals surface area contributed by atoms with Crippen molar-refractivity contribution in [2.24, 2.45) is 0 Å². The monoisotopic (exact) mass is 302 g/mol. The number of benzene rings is 2. The summed E-state index contributed by atoms with van der Waals surface area (Å²) in [5, 5.41) is 6.87. The predicted octanol–water partition coefficient (Wildman–Crippen LogP) is 3.77. The highest BCUT2D eigenvalue weighted by Gasteiger charge is 2.04. The summed E-state index contributed by atoms with van der Waals surface area (Å²) in [5.74, 6) is 0.0334. The van der Waals surface area contributed by atoms with Crippen LogP contribution in [0.4, 0.5) is 5.69 Å². The van der Waals surface area contributed by atoms with Crippen molar-refractivity contribution in [1.29, 1.82) is 0 Å². The lowest BCUT2D eigenvalue weighted by atomic mass is 10.2. The molecule has 2 aromatic rings. The van der Waals surface area contributed by atoms with Crippen LogP contribution in [0.5, 0.6) is 0 Å². The fraction of sp³-hybridized carbons (Fsp3) is 0.235. The van der Waals surface area contributed by atoms with Crippen molar-refractivity contribution in [1.82, 2.24) is 5.32 Å². The Morgan fingerprint density at radius 2 is 1.86 bits per heavy atom. The maximum absolute atomic E-state index is 11.8. The number of amides is 1. The number of carbonyl (C=O) groups is 1. The molecule has 0 aliphatic rings. The summed E-state index contributed by atoms with van der Waals surface area (Å²) in [4.78, 5) is 11.8. The number of hydrogen-bond donors (Lipinski definition) is 2. The Morgan fingerprint density at radius 3 is 2.62 bits per heavy atom. The molecular formula is C17H19ClN2O. The fourth-order valence-corrected chi connectivity index (χ4v) is 2.17. The molecular weight excluding hydrogens is 284 g/mol. The van der Waals surface area contributed by atoms with E-state index in [2.05, 4.69) is 10.6 Å². The van der Waals surface area contributed by atoms with Gasteiger partial charge in [0.25, 0.3) is 0 Å². The molecule has 0 atom stereocenters. The van der Waals surface area contributed by atoms with Gasteiger partial charge in [0, 0.05) is 30.2 Å². The number of hydrogen-bond acceptors (Lipinski definition) is 2. The van der Waals surface area contributed by atoms with Gasteiger partial charge in [0.2, 0.25) is 5.91 Å². The molecule has 4 heteroatoms.